The van der Waals surface area contributed by atoms with Gasteiger partial charge in [0.05, 0.1) is 0 Å². The fraction of sp³-hybridized carbons (Fsp3) is 0.750. The molecule has 1 aliphatic rings. The van der Waals surface area contributed by atoms with E-state index in [1.807, 2.05) is 0 Å². The number of hydrogen-bond donors (Lipinski definition) is 2. The Bertz CT molecular complexity index is 329. The monoisotopic (exact) mass is 239 g/mol. The molecule has 2 atom stereocenters. The van der Waals surface area contributed by atoms with Gasteiger partial charge in [-0.3, -0.25) is 9.69 Å². The molecule has 0 spiro atoms. The molecule has 1 rings (SSSR count). The van der Waals surface area contributed by atoms with Crippen LogP contribution in [0, 0.1) is 0 Å². The van der Waals surface area contributed by atoms with E-state index in [0.717, 1.165) is 0 Å². The molecule has 1 aliphatic heterocycles. The standard InChI is InChI=1S/C8H12F3N3O2/c1-4(12)3-14-5(15)7(2,8(9,10)11)13-6(14)16/h4H,3,12H2,1-2H3,(H,13,16). The van der Waals surface area contributed by atoms with Gasteiger partial charge in [-0.1, -0.05) is 0 Å². The molecule has 3 amide bonds. The Morgan fingerprint density at radius 1 is 1.50 bits per heavy atom. The number of carbonyl (C=O) groups excluding carboxylic acids is 2. The summed E-state index contributed by atoms with van der Waals surface area (Å²) in [5.41, 5.74) is 2.49. The first-order chi connectivity index (χ1) is 7.09. The van der Waals surface area contributed by atoms with Crippen LogP contribution in [0.3, 0.4) is 0 Å². The van der Waals surface area contributed by atoms with E-state index in [9.17, 15) is 22.8 Å². The Hall–Kier alpha value is -1.31. The third kappa shape index (κ3) is 1.84. The van der Waals surface area contributed by atoms with Crippen LogP contribution in [0.1, 0.15) is 13.8 Å². The van der Waals surface area contributed by atoms with E-state index >= 15 is 0 Å². The Balaban J connectivity index is 2.99. The maximum Gasteiger partial charge on any atom is 0.420 e. The highest BCUT2D eigenvalue weighted by Crippen LogP contribution is 2.34. The van der Waals surface area contributed by atoms with Gasteiger partial charge >= 0.3 is 12.2 Å². The van der Waals surface area contributed by atoms with Crippen molar-refractivity contribution >= 4 is 11.9 Å². The molecule has 1 saturated heterocycles. The van der Waals surface area contributed by atoms with Gasteiger partial charge in [-0.2, -0.15) is 13.2 Å². The lowest BCUT2D eigenvalue weighted by atomic mass is 10.0. The molecule has 5 nitrogen and oxygen atoms in total. The summed E-state index contributed by atoms with van der Waals surface area (Å²) in [6, 6.07) is -1.65. The molecule has 0 radical (unpaired) electrons. The van der Waals surface area contributed by atoms with Crippen molar-refractivity contribution in [2.75, 3.05) is 6.54 Å². The Morgan fingerprint density at radius 2 is 2.00 bits per heavy atom. The number of carbonyl (C=O) groups is 2. The Morgan fingerprint density at radius 3 is 2.31 bits per heavy atom. The van der Waals surface area contributed by atoms with E-state index in [4.69, 9.17) is 5.73 Å². The SMILES string of the molecule is CC(N)CN1C(=O)NC(C)(C(F)(F)F)C1=O. The summed E-state index contributed by atoms with van der Waals surface area (Å²) in [5, 5.41) is 1.63. The largest absolute Gasteiger partial charge is 0.420 e. The van der Waals surface area contributed by atoms with Crippen molar-refractivity contribution < 1.29 is 22.8 Å². The third-order valence-electron chi connectivity index (χ3n) is 2.31. The number of nitrogens with zero attached hydrogens (tertiary/aromatic N) is 1. The van der Waals surface area contributed by atoms with E-state index < -0.39 is 29.7 Å². The van der Waals surface area contributed by atoms with E-state index in [1.165, 1.54) is 6.92 Å². The van der Waals surface area contributed by atoms with Crippen molar-refractivity contribution in [1.82, 2.24) is 10.2 Å². The smallest absolute Gasteiger partial charge is 0.326 e. The van der Waals surface area contributed by atoms with Crippen LogP contribution in [0.25, 0.3) is 0 Å². The average molecular weight is 239 g/mol. The zero-order valence-electron chi connectivity index (χ0n) is 8.76. The summed E-state index contributed by atoms with van der Waals surface area (Å²) in [5.74, 6) is -1.32. The zero-order valence-corrected chi connectivity index (χ0v) is 8.76. The maximum atomic E-state index is 12.6. The Labute approximate surface area is 89.8 Å². The van der Waals surface area contributed by atoms with Gasteiger partial charge < -0.3 is 11.1 Å². The van der Waals surface area contributed by atoms with E-state index in [-0.39, 0.29) is 6.54 Å². The summed E-state index contributed by atoms with van der Waals surface area (Å²) in [7, 11) is 0. The van der Waals surface area contributed by atoms with Gasteiger partial charge in [0.2, 0.25) is 5.54 Å². The molecule has 0 aliphatic carbocycles. The number of hydrogen-bond acceptors (Lipinski definition) is 3. The van der Waals surface area contributed by atoms with Crippen LogP contribution in [0.2, 0.25) is 0 Å². The molecule has 0 bridgehead atoms. The summed E-state index contributed by atoms with van der Waals surface area (Å²) in [6.45, 7) is 1.88. The fourth-order valence-electron chi connectivity index (χ4n) is 1.34. The molecule has 0 aromatic carbocycles. The number of amides is 3. The highest BCUT2D eigenvalue weighted by molar-refractivity contribution is 6.07. The van der Waals surface area contributed by atoms with E-state index in [0.29, 0.717) is 11.8 Å². The van der Waals surface area contributed by atoms with E-state index in [1.54, 1.807) is 5.32 Å². The van der Waals surface area contributed by atoms with Crippen LogP contribution in [-0.2, 0) is 4.79 Å². The minimum absolute atomic E-state index is 0.240. The summed E-state index contributed by atoms with van der Waals surface area (Å²) in [4.78, 5) is 23.2. The number of rotatable bonds is 2. The van der Waals surface area contributed by atoms with Crippen LogP contribution < -0.4 is 11.1 Å². The average Bonchev–Trinajstić information content (AvgIpc) is 2.28. The van der Waals surface area contributed by atoms with E-state index in [2.05, 4.69) is 0 Å². The maximum absolute atomic E-state index is 12.6. The van der Waals surface area contributed by atoms with Gasteiger partial charge in [0, 0.05) is 12.6 Å². The number of alkyl halides is 3. The number of nitrogens with one attached hydrogen (secondary N) is 1. The fourth-order valence-corrected chi connectivity index (χ4v) is 1.34. The topological polar surface area (TPSA) is 75.4 Å². The first kappa shape index (κ1) is 12.8. The Kier molecular flexibility index (Phi) is 2.88. The zero-order chi connectivity index (χ0) is 12.7. The lowest BCUT2D eigenvalue weighted by molar-refractivity contribution is -0.191. The second-order valence-corrected chi connectivity index (χ2v) is 3.95. The quantitative estimate of drug-likeness (QED) is 0.676. The van der Waals surface area contributed by atoms with Crippen LogP contribution in [0.15, 0.2) is 0 Å². The number of urea groups is 1. The van der Waals surface area contributed by atoms with Crippen LogP contribution in [-0.4, -0.2) is 41.1 Å². The van der Waals surface area contributed by atoms with Crippen molar-refractivity contribution in [2.45, 2.75) is 31.6 Å². The second kappa shape index (κ2) is 3.62. The molecule has 1 heterocycles. The summed E-state index contributed by atoms with van der Waals surface area (Å²) in [6.07, 6.45) is -4.83. The molecule has 3 N–H and O–H groups in total. The molecule has 2 unspecified atom stereocenters. The normalized spacial score (nSPS) is 28.2. The van der Waals surface area contributed by atoms with Crippen LogP contribution >= 0.6 is 0 Å². The predicted molar refractivity (Wildman–Crippen MR) is 48.4 cm³/mol. The molecule has 16 heavy (non-hydrogen) atoms. The van der Waals surface area contributed by atoms with Crippen molar-refractivity contribution in [3.63, 3.8) is 0 Å². The van der Waals surface area contributed by atoms with Gasteiger partial charge in [0.25, 0.3) is 5.91 Å². The molecular formula is C8H12F3N3O2. The lowest BCUT2D eigenvalue weighted by Crippen LogP contribution is -2.56. The molecule has 0 aromatic heterocycles. The van der Waals surface area contributed by atoms with Gasteiger partial charge in [-0.25, -0.2) is 4.79 Å². The minimum atomic E-state index is -4.83. The summed E-state index contributed by atoms with van der Waals surface area (Å²) < 4.78 is 37.8. The number of halogens is 3. The van der Waals surface area contributed by atoms with Crippen LogP contribution in [0.4, 0.5) is 18.0 Å². The van der Waals surface area contributed by atoms with Crippen molar-refractivity contribution in [3.05, 3.63) is 0 Å². The van der Waals surface area contributed by atoms with Gasteiger partial charge in [-0.05, 0) is 13.8 Å². The second-order valence-electron chi connectivity index (χ2n) is 3.95. The molecule has 0 aromatic rings. The highest BCUT2D eigenvalue weighted by Gasteiger charge is 2.64. The molecule has 0 saturated carbocycles. The number of imide groups is 1. The molecule has 8 heteroatoms. The predicted octanol–water partition coefficient (Wildman–Crippen LogP) is 0.206. The molecule has 92 valence electrons. The van der Waals surface area contributed by atoms with Crippen molar-refractivity contribution in [2.24, 2.45) is 5.73 Å². The van der Waals surface area contributed by atoms with Crippen molar-refractivity contribution in [1.29, 1.82) is 0 Å². The molecular weight excluding hydrogens is 227 g/mol. The van der Waals surface area contributed by atoms with Crippen LogP contribution in [0.5, 0.6) is 0 Å². The minimum Gasteiger partial charge on any atom is -0.326 e. The van der Waals surface area contributed by atoms with Gasteiger partial charge in [-0.15, -0.1) is 0 Å². The van der Waals surface area contributed by atoms with Gasteiger partial charge in [0.15, 0.2) is 0 Å². The molecule has 1 fully saturated rings. The lowest BCUT2D eigenvalue weighted by Gasteiger charge is -2.24. The third-order valence-corrected chi connectivity index (χ3v) is 2.31. The highest BCUT2D eigenvalue weighted by atomic mass is 19.4. The first-order valence-corrected chi connectivity index (χ1v) is 4.56. The summed E-state index contributed by atoms with van der Waals surface area (Å²) >= 11 is 0. The van der Waals surface area contributed by atoms with Crippen molar-refractivity contribution in [3.8, 4) is 0 Å². The first-order valence-electron chi connectivity index (χ1n) is 4.56. The number of nitrogens with two attached hydrogens (primary N) is 1. The van der Waals surface area contributed by atoms with Gasteiger partial charge in [0.1, 0.15) is 0 Å².